The second-order valence-electron chi connectivity index (χ2n) is 4.19. The number of aryl methyl sites for hydroxylation is 1. The molecule has 3 N–H and O–H groups in total. The Labute approximate surface area is 111 Å². The van der Waals surface area contributed by atoms with E-state index >= 15 is 0 Å². The molecule has 0 aliphatic carbocycles. The number of anilines is 2. The van der Waals surface area contributed by atoms with Crippen molar-refractivity contribution in [3.63, 3.8) is 0 Å². The van der Waals surface area contributed by atoms with E-state index in [4.69, 9.17) is 10.5 Å². The highest BCUT2D eigenvalue weighted by molar-refractivity contribution is 5.62. The quantitative estimate of drug-likeness (QED) is 0.831. The fraction of sp³-hybridized carbons (Fsp3) is 0.214. The van der Waals surface area contributed by atoms with Crippen LogP contribution in [-0.4, -0.2) is 12.1 Å². The summed E-state index contributed by atoms with van der Waals surface area (Å²) in [7, 11) is 1.50. The molecule has 0 fully saturated rings. The Hall–Kier alpha value is -2.30. The minimum absolute atomic E-state index is 0.277. The number of benzene rings is 1. The molecule has 0 bridgehead atoms. The zero-order valence-corrected chi connectivity index (χ0v) is 10.9. The molecule has 0 saturated carbocycles. The lowest BCUT2D eigenvalue weighted by Crippen LogP contribution is -2.06. The third-order valence-electron chi connectivity index (χ3n) is 2.88. The molecule has 0 amide bonds. The Kier molecular flexibility index (Phi) is 3.85. The van der Waals surface area contributed by atoms with Crippen LogP contribution in [0.15, 0.2) is 30.5 Å². The zero-order valence-electron chi connectivity index (χ0n) is 10.9. The third-order valence-corrected chi connectivity index (χ3v) is 2.88. The van der Waals surface area contributed by atoms with Crippen LogP contribution in [-0.2, 0) is 6.54 Å². The molecule has 0 spiro atoms. The van der Waals surface area contributed by atoms with Crippen molar-refractivity contribution in [2.24, 2.45) is 0 Å². The van der Waals surface area contributed by atoms with Crippen molar-refractivity contribution in [3.8, 4) is 5.75 Å². The molecule has 1 aromatic carbocycles. The fourth-order valence-corrected chi connectivity index (χ4v) is 1.76. The molecule has 0 atom stereocenters. The van der Waals surface area contributed by atoms with Crippen molar-refractivity contribution in [2.45, 2.75) is 13.5 Å². The van der Waals surface area contributed by atoms with E-state index in [1.807, 2.05) is 19.1 Å². The first-order valence-corrected chi connectivity index (χ1v) is 5.89. The van der Waals surface area contributed by atoms with Gasteiger partial charge in [-0.25, -0.2) is 4.39 Å². The van der Waals surface area contributed by atoms with Crippen LogP contribution in [0, 0.1) is 12.7 Å². The van der Waals surface area contributed by atoms with Crippen LogP contribution in [0.25, 0.3) is 0 Å². The van der Waals surface area contributed by atoms with E-state index in [2.05, 4.69) is 10.3 Å². The van der Waals surface area contributed by atoms with Crippen molar-refractivity contribution in [2.75, 3.05) is 18.2 Å². The van der Waals surface area contributed by atoms with Gasteiger partial charge in [0.2, 0.25) is 0 Å². The number of hydrogen-bond acceptors (Lipinski definition) is 4. The Bertz CT molecular complexity index is 587. The van der Waals surface area contributed by atoms with E-state index in [-0.39, 0.29) is 5.69 Å². The number of nitrogens with one attached hydrogen (secondary N) is 1. The summed E-state index contributed by atoms with van der Waals surface area (Å²) >= 11 is 0. The molecule has 2 aromatic rings. The first-order valence-electron chi connectivity index (χ1n) is 5.89. The number of nitrogens with two attached hydrogens (primary N) is 1. The monoisotopic (exact) mass is 261 g/mol. The minimum Gasteiger partial charge on any atom is -0.495 e. The molecule has 19 heavy (non-hydrogen) atoms. The smallest absolute Gasteiger partial charge is 0.148 e. The molecule has 0 aliphatic heterocycles. The maximum Gasteiger partial charge on any atom is 0.148 e. The van der Waals surface area contributed by atoms with Gasteiger partial charge in [0, 0.05) is 18.3 Å². The van der Waals surface area contributed by atoms with E-state index in [1.54, 1.807) is 12.3 Å². The average molecular weight is 261 g/mol. The fourth-order valence-electron chi connectivity index (χ4n) is 1.76. The number of halogens is 1. The highest BCUT2D eigenvalue weighted by Gasteiger charge is 2.08. The maximum atomic E-state index is 13.8. The lowest BCUT2D eigenvalue weighted by atomic mass is 10.2. The first-order chi connectivity index (χ1) is 9.11. The van der Waals surface area contributed by atoms with Crippen LogP contribution in [0.3, 0.4) is 0 Å². The van der Waals surface area contributed by atoms with Gasteiger partial charge < -0.3 is 15.8 Å². The standard InChI is InChI=1S/C14H16FN3O/c1-9-4-3-5-17-13(9)8-18-12-7-14(19-2)11(16)6-10(12)15/h3-7,18H,8,16H2,1-2H3. The van der Waals surface area contributed by atoms with Crippen molar-refractivity contribution in [1.82, 2.24) is 4.98 Å². The molecule has 5 heteroatoms. The van der Waals surface area contributed by atoms with E-state index in [1.165, 1.54) is 13.2 Å². The number of aromatic nitrogens is 1. The number of nitrogens with zero attached hydrogens (tertiary/aromatic N) is 1. The van der Waals surface area contributed by atoms with Crippen LogP contribution in [0.1, 0.15) is 11.3 Å². The molecule has 0 unspecified atom stereocenters. The predicted molar refractivity (Wildman–Crippen MR) is 73.7 cm³/mol. The van der Waals surface area contributed by atoms with Crippen molar-refractivity contribution in [1.29, 1.82) is 0 Å². The summed E-state index contributed by atoms with van der Waals surface area (Å²) in [6.07, 6.45) is 1.71. The summed E-state index contributed by atoms with van der Waals surface area (Å²) in [5.74, 6) is 0.0357. The van der Waals surface area contributed by atoms with Gasteiger partial charge in [-0.3, -0.25) is 4.98 Å². The zero-order chi connectivity index (χ0) is 13.8. The maximum absolute atomic E-state index is 13.8. The van der Waals surface area contributed by atoms with Crippen molar-refractivity contribution < 1.29 is 9.13 Å². The average Bonchev–Trinajstić information content (AvgIpc) is 2.39. The number of hydrogen-bond donors (Lipinski definition) is 2. The molecule has 1 heterocycles. The predicted octanol–water partition coefficient (Wildman–Crippen LogP) is 2.73. The van der Waals surface area contributed by atoms with Crippen LogP contribution in [0.2, 0.25) is 0 Å². The van der Waals surface area contributed by atoms with Crippen LogP contribution in [0.5, 0.6) is 5.75 Å². The van der Waals surface area contributed by atoms with Gasteiger partial charge in [-0.15, -0.1) is 0 Å². The van der Waals surface area contributed by atoms with Crippen molar-refractivity contribution >= 4 is 11.4 Å². The van der Waals surface area contributed by atoms with E-state index in [0.29, 0.717) is 18.0 Å². The summed E-state index contributed by atoms with van der Waals surface area (Å²) in [4.78, 5) is 4.24. The summed E-state index contributed by atoms with van der Waals surface area (Å²) in [5, 5.41) is 3.00. The summed E-state index contributed by atoms with van der Waals surface area (Å²) in [5.41, 5.74) is 8.17. The molecular formula is C14H16FN3O. The SMILES string of the molecule is COc1cc(NCc2ncccc2C)c(F)cc1N. The van der Waals surface area contributed by atoms with Gasteiger partial charge in [-0.05, 0) is 18.6 Å². The van der Waals surface area contributed by atoms with E-state index in [9.17, 15) is 4.39 Å². The number of nitrogen functional groups attached to an aromatic ring is 1. The molecule has 2 rings (SSSR count). The number of pyridine rings is 1. The van der Waals surface area contributed by atoms with Crippen LogP contribution < -0.4 is 15.8 Å². The van der Waals surface area contributed by atoms with Crippen LogP contribution >= 0.6 is 0 Å². The van der Waals surface area contributed by atoms with Crippen LogP contribution in [0.4, 0.5) is 15.8 Å². The second-order valence-corrected chi connectivity index (χ2v) is 4.19. The lowest BCUT2D eigenvalue weighted by molar-refractivity contribution is 0.416. The molecule has 4 nitrogen and oxygen atoms in total. The summed E-state index contributed by atoms with van der Waals surface area (Å²) in [6.45, 7) is 2.40. The van der Waals surface area contributed by atoms with Gasteiger partial charge in [0.25, 0.3) is 0 Å². The van der Waals surface area contributed by atoms with E-state index in [0.717, 1.165) is 11.3 Å². The highest BCUT2D eigenvalue weighted by atomic mass is 19.1. The van der Waals surface area contributed by atoms with E-state index < -0.39 is 5.82 Å². The molecule has 100 valence electrons. The topological polar surface area (TPSA) is 60.2 Å². The molecular weight excluding hydrogens is 245 g/mol. The van der Waals surface area contributed by atoms with Gasteiger partial charge >= 0.3 is 0 Å². The highest BCUT2D eigenvalue weighted by Crippen LogP contribution is 2.28. The van der Waals surface area contributed by atoms with Gasteiger partial charge in [0.05, 0.1) is 30.7 Å². The number of rotatable bonds is 4. The second kappa shape index (κ2) is 5.56. The lowest BCUT2D eigenvalue weighted by Gasteiger charge is -2.12. The molecule has 0 saturated heterocycles. The number of methoxy groups -OCH3 is 1. The molecule has 0 aliphatic rings. The van der Waals surface area contributed by atoms with Gasteiger partial charge in [-0.2, -0.15) is 0 Å². The summed E-state index contributed by atoms with van der Waals surface area (Å²) in [6, 6.07) is 6.62. The minimum atomic E-state index is -0.410. The van der Waals surface area contributed by atoms with Gasteiger partial charge in [0.1, 0.15) is 11.6 Å². The Balaban J connectivity index is 2.18. The Morgan fingerprint density at radius 1 is 1.42 bits per heavy atom. The Morgan fingerprint density at radius 2 is 2.21 bits per heavy atom. The third kappa shape index (κ3) is 2.93. The van der Waals surface area contributed by atoms with Crippen molar-refractivity contribution in [3.05, 3.63) is 47.5 Å². The van der Waals surface area contributed by atoms with Gasteiger partial charge in [-0.1, -0.05) is 6.07 Å². The normalized spacial score (nSPS) is 10.3. The Morgan fingerprint density at radius 3 is 2.89 bits per heavy atom. The largest absolute Gasteiger partial charge is 0.495 e. The van der Waals surface area contributed by atoms with Gasteiger partial charge in [0.15, 0.2) is 0 Å². The molecule has 1 aromatic heterocycles. The first kappa shape index (κ1) is 13.1. The molecule has 0 radical (unpaired) electrons. The number of ether oxygens (including phenoxy) is 1. The summed E-state index contributed by atoms with van der Waals surface area (Å²) < 4.78 is 18.8.